The summed E-state index contributed by atoms with van der Waals surface area (Å²) in [6, 6.07) is 13.4. The van der Waals surface area contributed by atoms with Crippen LogP contribution in [-0.4, -0.2) is 35.9 Å². The lowest BCUT2D eigenvalue weighted by molar-refractivity contribution is -0.122. The SMILES string of the molecule is CC[C@@H](Oc1ccc2c(c1)CCCC2)C(=O)Nc1ccccc1C(=O)N1CCCCC1. The van der Waals surface area contributed by atoms with Crippen LogP contribution in [0, 0.1) is 0 Å². The second kappa shape index (κ2) is 9.99. The van der Waals surface area contributed by atoms with Gasteiger partial charge in [0.05, 0.1) is 11.3 Å². The lowest BCUT2D eigenvalue weighted by Crippen LogP contribution is -2.37. The highest BCUT2D eigenvalue weighted by molar-refractivity contribution is 6.04. The van der Waals surface area contributed by atoms with E-state index in [1.807, 2.05) is 30.0 Å². The molecule has 2 aromatic carbocycles. The Morgan fingerprint density at radius 3 is 2.48 bits per heavy atom. The van der Waals surface area contributed by atoms with Gasteiger partial charge in [-0.1, -0.05) is 25.1 Å². The maximum atomic E-state index is 13.0. The normalized spacial score (nSPS) is 16.9. The van der Waals surface area contributed by atoms with E-state index in [0.717, 1.165) is 44.5 Å². The van der Waals surface area contributed by atoms with Crippen LogP contribution in [0.4, 0.5) is 5.69 Å². The number of para-hydroxylation sites is 1. The van der Waals surface area contributed by atoms with E-state index in [4.69, 9.17) is 4.74 Å². The number of rotatable bonds is 6. The standard InChI is InChI=1S/C26H32N2O3/c1-2-24(31-21-15-14-19-10-4-5-11-20(19)18-21)25(29)27-23-13-7-6-12-22(23)26(30)28-16-8-3-9-17-28/h6-7,12-15,18,24H,2-5,8-11,16-17H2,1H3,(H,27,29)/t24-/m1/s1. The van der Waals surface area contributed by atoms with Crippen LogP contribution >= 0.6 is 0 Å². The lowest BCUT2D eigenvalue weighted by atomic mass is 9.92. The van der Waals surface area contributed by atoms with Crippen LogP contribution in [0.5, 0.6) is 5.75 Å². The number of nitrogens with one attached hydrogen (secondary N) is 1. The van der Waals surface area contributed by atoms with Gasteiger partial charge in [0.1, 0.15) is 5.75 Å². The van der Waals surface area contributed by atoms with Gasteiger partial charge in [0.25, 0.3) is 11.8 Å². The van der Waals surface area contributed by atoms with Crippen molar-refractivity contribution in [3.63, 3.8) is 0 Å². The van der Waals surface area contributed by atoms with Crippen molar-refractivity contribution in [2.24, 2.45) is 0 Å². The van der Waals surface area contributed by atoms with Crippen LogP contribution in [0.1, 0.15) is 66.9 Å². The molecule has 1 saturated heterocycles. The van der Waals surface area contributed by atoms with Gasteiger partial charge in [-0.15, -0.1) is 0 Å². The summed E-state index contributed by atoms with van der Waals surface area (Å²) < 4.78 is 6.07. The summed E-state index contributed by atoms with van der Waals surface area (Å²) in [6.45, 7) is 3.49. The Bertz CT molecular complexity index is 934. The Labute approximate surface area is 184 Å². The molecule has 1 aliphatic heterocycles. The largest absolute Gasteiger partial charge is 0.481 e. The molecule has 0 aromatic heterocycles. The molecule has 5 nitrogen and oxygen atoms in total. The Morgan fingerprint density at radius 2 is 1.71 bits per heavy atom. The first-order valence-corrected chi connectivity index (χ1v) is 11.6. The predicted octanol–water partition coefficient (Wildman–Crippen LogP) is 4.99. The molecular weight excluding hydrogens is 388 g/mol. The molecule has 2 aromatic rings. The summed E-state index contributed by atoms with van der Waals surface area (Å²) in [5, 5.41) is 2.95. The Balaban J connectivity index is 1.46. The van der Waals surface area contributed by atoms with Gasteiger partial charge < -0.3 is 15.0 Å². The number of ether oxygens (including phenoxy) is 1. The van der Waals surface area contributed by atoms with E-state index in [1.165, 1.54) is 30.4 Å². The van der Waals surface area contributed by atoms with E-state index in [1.54, 1.807) is 12.1 Å². The number of aryl methyl sites for hydroxylation is 2. The van der Waals surface area contributed by atoms with Crippen LogP contribution in [0.2, 0.25) is 0 Å². The Kier molecular flexibility index (Phi) is 6.90. The fourth-order valence-electron chi connectivity index (χ4n) is 4.53. The quantitative estimate of drug-likeness (QED) is 0.716. The minimum atomic E-state index is -0.611. The third-order valence-corrected chi connectivity index (χ3v) is 6.32. The summed E-state index contributed by atoms with van der Waals surface area (Å²) in [5.74, 6) is 0.499. The summed E-state index contributed by atoms with van der Waals surface area (Å²) in [4.78, 5) is 27.9. The van der Waals surface area contributed by atoms with Crippen molar-refractivity contribution in [1.82, 2.24) is 4.90 Å². The summed E-state index contributed by atoms with van der Waals surface area (Å²) in [7, 11) is 0. The molecule has 0 unspecified atom stereocenters. The minimum absolute atomic E-state index is 0.0146. The average molecular weight is 421 g/mol. The molecule has 1 heterocycles. The first-order valence-electron chi connectivity index (χ1n) is 11.6. The van der Waals surface area contributed by atoms with Crippen molar-refractivity contribution >= 4 is 17.5 Å². The number of fused-ring (bicyclic) bond motifs is 1. The molecule has 31 heavy (non-hydrogen) atoms. The fraction of sp³-hybridized carbons (Fsp3) is 0.462. The van der Waals surface area contributed by atoms with Gasteiger partial charge in [-0.25, -0.2) is 0 Å². The highest BCUT2D eigenvalue weighted by Gasteiger charge is 2.24. The smallest absolute Gasteiger partial charge is 0.265 e. The number of benzene rings is 2. The number of amides is 2. The molecule has 0 spiro atoms. The zero-order valence-corrected chi connectivity index (χ0v) is 18.4. The Morgan fingerprint density at radius 1 is 0.968 bits per heavy atom. The summed E-state index contributed by atoms with van der Waals surface area (Å²) >= 11 is 0. The number of nitrogens with zero attached hydrogens (tertiary/aromatic N) is 1. The van der Waals surface area contributed by atoms with Gasteiger partial charge in [-0.05, 0) is 86.8 Å². The van der Waals surface area contributed by atoms with Gasteiger partial charge in [-0.3, -0.25) is 9.59 Å². The van der Waals surface area contributed by atoms with Crippen molar-refractivity contribution in [2.45, 2.75) is 64.4 Å². The summed E-state index contributed by atoms with van der Waals surface area (Å²) in [5.41, 5.74) is 3.81. The highest BCUT2D eigenvalue weighted by Crippen LogP contribution is 2.27. The summed E-state index contributed by atoms with van der Waals surface area (Å²) in [6.07, 6.45) is 7.81. The van der Waals surface area contributed by atoms with Crippen molar-refractivity contribution in [3.8, 4) is 5.75 Å². The van der Waals surface area contributed by atoms with Gasteiger partial charge in [0.15, 0.2) is 6.10 Å². The molecule has 1 N–H and O–H groups in total. The van der Waals surface area contributed by atoms with Crippen LogP contribution in [0.15, 0.2) is 42.5 Å². The van der Waals surface area contributed by atoms with Gasteiger partial charge in [0, 0.05) is 13.1 Å². The maximum Gasteiger partial charge on any atom is 0.265 e. The van der Waals surface area contributed by atoms with Crippen molar-refractivity contribution in [1.29, 1.82) is 0 Å². The fourth-order valence-corrected chi connectivity index (χ4v) is 4.53. The molecule has 5 heteroatoms. The molecule has 4 rings (SSSR count). The molecule has 0 radical (unpaired) electrons. The molecule has 1 aliphatic carbocycles. The first kappa shape index (κ1) is 21.4. The molecule has 164 valence electrons. The van der Waals surface area contributed by atoms with E-state index in [-0.39, 0.29) is 11.8 Å². The second-order valence-corrected chi connectivity index (χ2v) is 8.54. The number of anilines is 1. The van der Waals surface area contributed by atoms with E-state index in [2.05, 4.69) is 17.4 Å². The van der Waals surface area contributed by atoms with E-state index in [9.17, 15) is 9.59 Å². The van der Waals surface area contributed by atoms with Crippen LogP contribution in [-0.2, 0) is 17.6 Å². The molecule has 2 aliphatic rings. The Hall–Kier alpha value is -2.82. The third kappa shape index (κ3) is 5.09. The zero-order valence-electron chi connectivity index (χ0n) is 18.4. The van der Waals surface area contributed by atoms with E-state index >= 15 is 0 Å². The number of likely N-dealkylation sites (tertiary alicyclic amines) is 1. The lowest BCUT2D eigenvalue weighted by Gasteiger charge is -2.27. The van der Waals surface area contributed by atoms with Crippen LogP contribution < -0.4 is 10.1 Å². The molecule has 1 fully saturated rings. The average Bonchev–Trinajstić information content (AvgIpc) is 2.82. The molecule has 1 atom stereocenters. The minimum Gasteiger partial charge on any atom is -0.481 e. The van der Waals surface area contributed by atoms with E-state index in [0.29, 0.717) is 17.7 Å². The molecule has 0 bridgehead atoms. The van der Waals surface area contributed by atoms with Gasteiger partial charge >= 0.3 is 0 Å². The van der Waals surface area contributed by atoms with Crippen molar-refractivity contribution in [2.75, 3.05) is 18.4 Å². The topological polar surface area (TPSA) is 58.6 Å². The zero-order chi connectivity index (χ0) is 21.6. The second-order valence-electron chi connectivity index (χ2n) is 8.54. The predicted molar refractivity (Wildman–Crippen MR) is 123 cm³/mol. The number of hydrogen-bond donors (Lipinski definition) is 1. The van der Waals surface area contributed by atoms with Gasteiger partial charge in [0.2, 0.25) is 0 Å². The number of piperidine rings is 1. The van der Waals surface area contributed by atoms with Crippen LogP contribution in [0.25, 0.3) is 0 Å². The molecular formula is C26H32N2O3. The monoisotopic (exact) mass is 420 g/mol. The molecule has 2 amide bonds. The third-order valence-electron chi connectivity index (χ3n) is 6.32. The van der Waals surface area contributed by atoms with Crippen LogP contribution in [0.3, 0.4) is 0 Å². The highest BCUT2D eigenvalue weighted by atomic mass is 16.5. The first-order chi connectivity index (χ1) is 15.2. The van der Waals surface area contributed by atoms with Gasteiger partial charge in [-0.2, -0.15) is 0 Å². The molecule has 0 saturated carbocycles. The number of carbonyl (C=O) groups is 2. The van der Waals surface area contributed by atoms with Crippen molar-refractivity contribution < 1.29 is 14.3 Å². The van der Waals surface area contributed by atoms with E-state index < -0.39 is 6.10 Å². The maximum absolute atomic E-state index is 13.0. The van der Waals surface area contributed by atoms with Crippen molar-refractivity contribution in [3.05, 3.63) is 59.2 Å². The number of carbonyl (C=O) groups excluding carboxylic acids is 2. The number of hydrogen-bond acceptors (Lipinski definition) is 3.